The molecule has 0 radical (unpaired) electrons. The van der Waals surface area contributed by atoms with Crippen molar-refractivity contribution in [3.63, 3.8) is 0 Å². The van der Waals surface area contributed by atoms with Crippen molar-refractivity contribution in [3.8, 4) is 5.75 Å². The molecule has 1 aliphatic heterocycles. The zero-order valence-corrected chi connectivity index (χ0v) is 16.5. The monoisotopic (exact) mass is 439 g/mol. The SMILES string of the molecule is O=C1SC(=Cc2ccc(O)c(Br)c2)C(=O)N1Cc1ccc2ccccc2c1. The molecule has 0 saturated carbocycles. The first-order valence-corrected chi connectivity index (χ1v) is 9.84. The van der Waals surface area contributed by atoms with Crippen molar-refractivity contribution in [1.82, 2.24) is 4.90 Å². The highest BCUT2D eigenvalue weighted by Gasteiger charge is 2.35. The van der Waals surface area contributed by atoms with Gasteiger partial charge in [0.2, 0.25) is 0 Å². The maximum Gasteiger partial charge on any atom is 0.293 e. The van der Waals surface area contributed by atoms with E-state index < -0.39 is 0 Å². The Morgan fingerprint density at radius 1 is 1.00 bits per heavy atom. The van der Waals surface area contributed by atoms with Crippen LogP contribution in [0.25, 0.3) is 16.8 Å². The van der Waals surface area contributed by atoms with E-state index in [-0.39, 0.29) is 23.4 Å². The molecule has 1 aliphatic rings. The van der Waals surface area contributed by atoms with Gasteiger partial charge in [0.05, 0.1) is 15.9 Å². The zero-order chi connectivity index (χ0) is 19.0. The molecule has 1 fully saturated rings. The number of phenols is 1. The van der Waals surface area contributed by atoms with Gasteiger partial charge in [-0.3, -0.25) is 14.5 Å². The third-order valence-corrected chi connectivity index (χ3v) is 5.84. The fraction of sp³-hybridized carbons (Fsp3) is 0.0476. The summed E-state index contributed by atoms with van der Waals surface area (Å²) in [7, 11) is 0. The molecule has 0 aliphatic carbocycles. The molecule has 0 unspecified atom stereocenters. The van der Waals surface area contributed by atoms with Crippen LogP contribution in [0.1, 0.15) is 11.1 Å². The number of carbonyl (C=O) groups is 2. The van der Waals surface area contributed by atoms with Gasteiger partial charge in [0.25, 0.3) is 11.1 Å². The standard InChI is InChI=1S/C21H14BrNO3S/c22-17-10-13(6-8-18(17)24)11-19-20(25)23(21(26)27-19)12-14-5-7-15-3-1-2-4-16(15)9-14/h1-11,24H,12H2. The van der Waals surface area contributed by atoms with Gasteiger partial charge >= 0.3 is 0 Å². The van der Waals surface area contributed by atoms with Crippen LogP contribution in [0.4, 0.5) is 4.79 Å². The highest BCUT2D eigenvalue weighted by atomic mass is 79.9. The van der Waals surface area contributed by atoms with Crippen molar-refractivity contribution in [2.24, 2.45) is 0 Å². The van der Waals surface area contributed by atoms with Gasteiger partial charge in [-0.2, -0.15) is 0 Å². The van der Waals surface area contributed by atoms with Crippen LogP contribution in [0.15, 0.2) is 70.0 Å². The summed E-state index contributed by atoms with van der Waals surface area (Å²) in [5, 5.41) is 11.5. The fourth-order valence-electron chi connectivity index (χ4n) is 2.92. The average molecular weight is 440 g/mol. The number of thioether (sulfide) groups is 1. The Labute approximate surface area is 168 Å². The minimum absolute atomic E-state index is 0.122. The van der Waals surface area contributed by atoms with E-state index in [0.717, 1.165) is 33.7 Å². The van der Waals surface area contributed by atoms with Gasteiger partial charge in [-0.05, 0) is 73.9 Å². The minimum atomic E-state index is -0.303. The second kappa shape index (κ2) is 7.21. The molecule has 1 saturated heterocycles. The molecule has 1 N–H and O–H groups in total. The molecule has 6 heteroatoms. The topological polar surface area (TPSA) is 57.6 Å². The number of hydrogen-bond acceptors (Lipinski definition) is 4. The van der Waals surface area contributed by atoms with Crippen molar-refractivity contribution in [2.75, 3.05) is 0 Å². The molecular weight excluding hydrogens is 426 g/mol. The molecule has 0 atom stereocenters. The molecule has 0 spiro atoms. The Hall–Kier alpha value is -2.57. The van der Waals surface area contributed by atoms with Gasteiger partial charge in [0, 0.05) is 0 Å². The zero-order valence-electron chi connectivity index (χ0n) is 14.1. The molecule has 3 aromatic carbocycles. The molecule has 1 heterocycles. The molecule has 0 aromatic heterocycles. The van der Waals surface area contributed by atoms with E-state index >= 15 is 0 Å². The third kappa shape index (κ3) is 3.63. The highest BCUT2D eigenvalue weighted by molar-refractivity contribution is 9.10. The Morgan fingerprint density at radius 2 is 1.78 bits per heavy atom. The number of carbonyl (C=O) groups excluding carboxylic acids is 2. The van der Waals surface area contributed by atoms with Gasteiger partial charge in [-0.15, -0.1) is 0 Å². The van der Waals surface area contributed by atoms with Crippen molar-refractivity contribution in [1.29, 1.82) is 0 Å². The first kappa shape index (κ1) is 17.8. The van der Waals surface area contributed by atoms with Crippen molar-refractivity contribution in [3.05, 3.63) is 81.2 Å². The van der Waals surface area contributed by atoms with Gasteiger partial charge in [0.15, 0.2) is 0 Å². The van der Waals surface area contributed by atoms with Crippen LogP contribution in [0.5, 0.6) is 5.75 Å². The molecule has 2 amide bonds. The van der Waals surface area contributed by atoms with Crippen LogP contribution in [-0.2, 0) is 11.3 Å². The molecule has 134 valence electrons. The average Bonchev–Trinajstić information content (AvgIpc) is 2.92. The minimum Gasteiger partial charge on any atom is -0.507 e. The number of rotatable bonds is 3. The van der Waals surface area contributed by atoms with Crippen LogP contribution in [0, 0.1) is 0 Å². The van der Waals surface area contributed by atoms with Crippen LogP contribution in [0.3, 0.4) is 0 Å². The Kier molecular flexibility index (Phi) is 4.76. The predicted octanol–water partition coefficient (Wildman–Crippen LogP) is 5.54. The number of benzene rings is 3. The molecule has 0 bridgehead atoms. The second-order valence-corrected chi connectivity index (χ2v) is 8.01. The summed E-state index contributed by atoms with van der Waals surface area (Å²) in [6.45, 7) is 0.242. The smallest absolute Gasteiger partial charge is 0.293 e. The summed E-state index contributed by atoms with van der Waals surface area (Å²) in [5.41, 5.74) is 1.64. The molecular formula is C21H14BrNO3S. The highest BCUT2D eigenvalue weighted by Crippen LogP contribution is 2.34. The van der Waals surface area contributed by atoms with E-state index in [1.807, 2.05) is 42.5 Å². The lowest BCUT2D eigenvalue weighted by Gasteiger charge is -2.13. The largest absolute Gasteiger partial charge is 0.507 e. The maximum atomic E-state index is 12.7. The predicted molar refractivity (Wildman–Crippen MR) is 111 cm³/mol. The van der Waals surface area contributed by atoms with Gasteiger partial charge < -0.3 is 5.11 Å². The number of fused-ring (bicyclic) bond motifs is 1. The first-order chi connectivity index (χ1) is 13.0. The lowest BCUT2D eigenvalue weighted by molar-refractivity contribution is -0.123. The normalized spacial score (nSPS) is 15.9. The summed E-state index contributed by atoms with van der Waals surface area (Å²) in [6.07, 6.45) is 1.66. The van der Waals surface area contributed by atoms with E-state index in [2.05, 4.69) is 15.9 Å². The summed E-state index contributed by atoms with van der Waals surface area (Å²) in [6, 6.07) is 18.8. The summed E-state index contributed by atoms with van der Waals surface area (Å²) >= 11 is 4.18. The van der Waals surface area contributed by atoms with Crippen LogP contribution >= 0.6 is 27.7 Å². The number of halogens is 1. The van der Waals surface area contributed by atoms with Crippen molar-refractivity contribution >= 4 is 55.7 Å². The number of amides is 2. The van der Waals surface area contributed by atoms with E-state index in [4.69, 9.17) is 0 Å². The third-order valence-electron chi connectivity index (χ3n) is 4.30. The number of aromatic hydroxyl groups is 1. The number of nitrogens with zero attached hydrogens (tertiary/aromatic N) is 1. The van der Waals surface area contributed by atoms with Gasteiger partial charge in [-0.25, -0.2) is 0 Å². The maximum absolute atomic E-state index is 12.7. The van der Waals surface area contributed by atoms with Crippen molar-refractivity contribution in [2.45, 2.75) is 6.54 Å². The molecule has 4 nitrogen and oxygen atoms in total. The van der Waals surface area contributed by atoms with Gasteiger partial charge in [0.1, 0.15) is 5.75 Å². The lowest BCUT2D eigenvalue weighted by atomic mass is 10.1. The Morgan fingerprint density at radius 3 is 2.56 bits per heavy atom. The number of hydrogen-bond donors (Lipinski definition) is 1. The summed E-state index contributed by atoms with van der Waals surface area (Å²) in [5.74, 6) is -0.182. The van der Waals surface area contributed by atoms with E-state index in [9.17, 15) is 14.7 Å². The van der Waals surface area contributed by atoms with E-state index in [1.54, 1.807) is 18.2 Å². The van der Waals surface area contributed by atoms with E-state index in [1.165, 1.54) is 11.0 Å². The van der Waals surface area contributed by atoms with E-state index in [0.29, 0.717) is 9.38 Å². The lowest BCUT2D eigenvalue weighted by Crippen LogP contribution is -2.27. The first-order valence-electron chi connectivity index (χ1n) is 8.23. The second-order valence-electron chi connectivity index (χ2n) is 6.16. The van der Waals surface area contributed by atoms with Crippen LogP contribution in [-0.4, -0.2) is 21.2 Å². The van der Waals surface area contributed by atoms with Crippen LogP contribution in [0.2, 0.25) is 0 Å². The Balaban J connectivity index is 1.58. The molecule has 27 heavy (non-hydrogen) atoms. The molecule has 4 rings (SSSR count). The fourth-order valence-corrected chi connectivity index (χ4v) is 4.16. The number of imide groups is 1. The summed E-state index contributed by atoms with van der Waals surface area (Å²) in [4.78, 5) is 26.7. The molecule has 3 aromatic rings. The van der Waals surface area contributed by atoms with Crippen molar-refractivity contribution < 1.29 is 14.7 Å². The summed E-state index contributed by atoms with van der Waals surface area (Å²) < 4.78 is 0.534. The van der Waals surface area contributed by atoms with Gasteiger partial charge in [-0.1, -0.05) is 42.5 Å². The Bertz CT molecular complexity index is 1110. The van der Waals surface area contributed by atoms with Crippen LogP contribution < -0.4 is 0 Å². The quantitative estimate of drug-likeness (QED) is 0.543. The number of phenolic OH excluding ortho intramolecular Hbond substituents is 1.